The third-order valence-corrected chi connectivity index (χ3v) is 5.98. The van der Waals surface area contributed by atoms with Gasteiger partial charge >= 0.3 is 5.97 Å². The molecule has 0 unspecified atom stereocenters. The second kappa shape index (κ2) is 8.55. The van der Waals surface area contributed by atoms with E-state index in [0.717, 1.165) is 22.6 Å². The van der Waals surface area contributed by atoms with Crippen molar-refractivity contribution in [3.05, 3.63) is 93.3 Å². The van der Waals surface area contributed by atoms with Crippen LogP contribution in [-0.2, 0) is 20.9 Å². The molecular formula is C25H23ClN2O4. The van der Waals surface area contributed by atoms with Gasteiger partial charge in [-0.15, -0.1) is 0 Å². The maximum Gasteiger partial charge on any atom is 0.340 e. The van der Waals surface area contributed by atoms with Crippen LogP contribution in [-0.4, -0.2) is 28.5 Å². The van der Waals surface area contributed by atoms with Crippen molar-refractivity contribution in [3.8, 4) is 5.69 Å². The molecule has 0 saturated carbocycles. The number of aryl methyl sites for hydroxylation is 1. The first-order valence-corrected chi connectivity index (χ1v) is 10.5. The van der Waals surface area contributed by atoms with Crippen LogP contribution >= 0.6 is 11.6 Å². The summed E-state index contributed by atoms with van der Waals surface area (Å²) in [5.41, 5.74) is 4.62. The minimum Gasteiger partial charge on any atom is -0.467 e. The lowest BCUT2D eigenvalue weighted by molar-refractivity contribution is -0.136. The van der Waals surface area contributed by atoms with Gasteiger partial charge in [0.15, 0.2) is 0 Å². The molecule has 1 aliphatic rings. The third-order valence-electron chi connectivity index (χ3n) is 5.66. The number of rotatable bonds is 5. The Kier molecular flexibility index (Phi) is 5.80. The van der Waals surface area contributed by atoms with Gasteiger partial charge in [-0.1, -0.05) is 23.7 Å². The van der Waals surface area contributed by atoms with Crippen LogP contribution in [0.2, 0.25) is 5.02 Å². The highest BCUT2D eigenvalue weighted by molar-refractivity contribution is 6.32. The summed E-state index contributed by atoms with van der Waals surface area (Å²) in [7, 11) is 1.31. The Hall–Kier alpha value is -3.51. The number of amides is 1. The zero-order valence-electron chi connectivity index (χ0n) is 18.3. The van der Waals surface area contributed by atoms with Crippen LogP contribution in [0.4, 0.5) is 0 Å². The monoisotopic (exact) mass is 450 g/mol. The number of halogens is 1. The standard InChI is InChI=1S/C25H23ClN2O4/c1-15-12-18(16(2)28(15)22-10-6-5-9-21(22)26)13-20-23(25(30)31-4)17(3)27(24(20)29)14-19-8-7-11-32-19/h5-13H,14H2,1-4H3/b20-13-. The molecule has 0 atom stereocenters. The third kappa shape index (κ3) is 3.67. The molecule has 0 saturated heterocycles. The molecule has 3 heterocycles. The molecule has 0 bridgehead atoms. The molecule has 0 fully saturated rings. The average molecular weight is 451 g/mol. The first kappa shape index (κ1) is 21.7. The van der Waals surface area contributed by atoms with Crippen molar-refractivity contribution in [1.29, 1.82) is 0 Å². The predicted molar refractivity (Wildman–Crippen MR) is 122 cm³/mol. The highest BCUT2D eigenvalue weighted by Crippen LogP contribution is 2.34. The minimum absolute atomic E-state index is 0.230. The van der Waals surface area contributed by atoms with Crippen LogP contribution in [0, 0.1) is 13.8 Å². The Morgan fingerprint density at radius 3 is 2.56 bits per heavy atom. The maximum absolute atomic E-state index is 13.3. The first-order valence-electron chi connectivity index (χ1n) is 10.1. The number of furan rings is 1. The van der Waals surface area contributed by atoms with Gasteiger partial charge in [-0.25, -0.2) is 4.79 Å². The van der Waals surface area contributed by atoms with E-state index in [1.807, 2.05) is 48.7 Å². The molecule has 0 N–H and O–H groups in total. The molecule has 0 spiro atoms. The molecule has 1 aliphatic heterocycles. The number of esters is 1. The quantitative estimate of drug-likeness (QED) is 0.395. The van der Waals surface area contributed by atoms with E-state index in [4.69, 9.17) is 20.8 Å². The van der Waals surface area contributed by atoms with E-state index in [2.05, 4.69) is 0 Å². The molecule has 2 aromatic heterocycles. The van der Waals surface area contributed by atoms with Crippen LogP contribution in [0.25, 0.3) is 11.8 Å². The smallest absolute Gasteiger partial charge is 0.340 e. The van der Waals surface area contributed by atoms with E-state index in [9.17, 15) is 9.59 Å². The van der Waals surface area contributed by atoms with Gasteiger partial charge in [-0.2, -0.15) is 0 Å². The van der Waals surface area contributed by atoms with Crippen molar-refractivity contribution in [1.82, 2.24) is 9.47 Å². The Balaban J connectivity index is 1.81. The molecular weight excluding hydrogens is 428 g/mol. The summed E-state index contributed by atoms with van der Waals surface area (Å²) < 4.78 is 12.4. The molecule has 0 aliphatic carbocycles. The normalized spacial score (nSPS) is 15.2. The molecule has 0 radical (unpaired) electrons. The number of aromatic nitrogens is 1. The van der Waals surface area contributed by atoms with Gasteiger partial charge < -0.3 is 18.6 Å². The molecule has 1 amide bonds. The van der Waals surface area contributed by atoms with Crippen LogP contribution in [0.5, 0.6) is 0 Å². The second-order valence-electron chi connectivity index (χ2n) is 7.59. The minimum atomic E-state index is -0.552. The molecule has 6 nitrogen and oxygen atoms in total. The average Bonchev–Trinajstić information content (AvgIpc) is 3.44. The van der Waals surface area contributed by atoms with Crippen LogP contribution in [0.15, 0.2) is 70.0 Å². The predicted octanol–water partition coefficient (Wildman–Crippen LogP) is 5.21. The summed E-state index contributed by atoms with van der Waals surface area (Å²) in [5, 5.41) is 0.626. The van der Waals surface area contributed by atoms with E-state index in [-0.39, 0.29) is 18.0 Å². The van der Waals surface area contributed by atoms with E-state index in [1.54, 1.807) is 31.4 Å². The lowest BCUT2D eigenvalue weighted by Gasteiger charge is -2.16. The van der Waals surface area contributed by atoms with E-state index in [1.165, 1.54) is 12.0 Å². The number of ether oxygens (including phenoxy) is 1. The number of hydrogen-bond donors (Lipinski definition) is 0. The number of methoxy groups -OCH3 is 1. The fourth-order valence-corrected chi connectivity index (χ4v) is 4.29. The maximum atomic E-state index is 13.3. The van der Waals surface area contributed by atoms with Crippen molar-refractivity contribution in [2.24, 2.45) is 0 Å². The molecule has 7 heteroatoms. The fraction of sp³-hybridized carbons (Fsp3) is 0.200. The largest absolute Gasteiger partial charge is 0.467 e. The highest BCUT2D eigenvalue weighted by atomic mass is 35.5. The number of carbonyl (C=O) groups excluding carboxylic acids is 2. The number of para-hydroxylation sites is 1. The Morgan fingerprint density at radius 2 is 1.91 bits per heavy atom. The number of allylic oxidation sites excluding steroid dienone is 1. The van der Waals surface area contributed by atoms with Gasteiger partial charge in [-0.05, 0) is 62.7 Å². The number of benzene rings is 1. The van der Waals surface area contributed by atoms with Crippen molar-refractivity contribution in [3.63, 3.8) is 0 Å². The summed E-state index contributed by atoms with van der Waals surface area (Å²) in [5.74, 6) is -0.203. The van der Waals surface area contributed by atoms with Gasteiger partial charge in [0.2, 0.25) is 0 Å². The highest BCUT2D eigenvalue weighted by Gasteiger charge is 2.37. The molecule has 164 valence electrons. The summed E-state index contributed by atoms with van der Waals surface area (Å²) in [6, 6.07) is 13.1. The van der Waals surface area contributed by atoms with Gasteiger partial charge in [0.25, 0.3) is 5.91 Å². The number of nitrogens with zero attached hydrogens (tertiary/aromatic N) is 2. The van der Waals surface area contributed by atoms with Crippen molar-refractivity contribution >= 4 is 29.6 Å². The molecule has 4 rings (SSSR count). The van der Waals surface area contributed by atoms with E-state index in [0.29, 0.717) is 22.1 Å². The first-order chi connectivity index (χ1) is 15.3. The lowest BCUT2D eigenvalue weighted by Crippen LogP contribution is -2.24. The summed E-state index contributed by atoms with van der Waals surface area (Å²) in [6.45, 7) is 5.90. The Morgan fingerprint density at radius 1 is 1.16 bits per heavy atom. The number of hydrogen-bond acceptors (Lipinski definition) is 4. The Bertz CT molecular complexity index is 1270. The van der Waals surface area contributed by atoms with Crippen LogP contribution in [0.3, 0.4) is 0 Å². The zero-order chi connectivity index (χ0) is 23.0. The van der Waals surface area contributed by atoms with Crippen LogP contribution < -0.4 is 0 Å². The van der Waals surface area contributed by atoms with Crippen molar-refractivity contribution in [2.75, 3.05) is 7.11 Å². The summed E-state index contributed by atoms with van der Waals surface area (Å²) >= 11 is 6.42. The topological polar surface area (TPSA) is 64.7 Å². The van der Waals surface area contributed by atoms with Gasteiger partial charge in [-0.3, -0.25) is 4.79 Å². The molecule has 32 heavy (non-hydrogen) atoms. The zero-order valence-corrected chi connectivity index (χ0v) is 19.1. The Labute approximate surface area is 191 Å². The van der Waals surface area contributed by atoms with Crippen molar-refractivity contribution < 1.29 is 18.7 Å². The summed E-state index contributed by atoms with van der Waals surface area (Å²) in [4.78, 5) is 27.5. The van der Waals surface area contributed by atoms with Gasteiger partial charge in [0, 0.05) is 17.1 Å². The molecule has 3 aromatic rings. The summed E-state index contributed by atoms with van der Waals surface area (Å²) in [6.07, 6.45) is 3.30. The fourth-order valence-electron chi connectivity index (χ4n) is 4.07. The van der Waals surface area contributed by atoms with Gasteiger partial charge in [0.1, 0.15) is 5.76 Å². The van der Waals surface area contributed by atoms with Gasteiger partial charge in [0.05, 0.1) is 41.8 Å². The number of carbonyl (C=O) groups is 2. The SMILES string of the molecule is COC(=O)C1=C(C)N(Cc2ccco2)C(=O)/C1=C\c1cc(C)n(-c2ccccc2Cl)c1C. The van der Waals surface area contributed by atoms with E-state index >= 15 is 0 Å². The second-order valence-corrected chi connectivity index (χ2v) is 8.00. The molecule has 1 aromatic carbocycles. The van der Waals surface area contributed by atoms with Crippen molar-refractivity contribution in [2.45, 2.75) is 27.3 Å². The van der Waals surface area contributed by atoms with E-state index < -0.39 is 5.97 Å². The van der Waals surface area contributed by atoms with Crippen LogP contribution in [0.1, 0.15) is 29.6 Å². The lowest BCUT2D eigenvalue weighted by atomic mass is 10.0.